The van der Waals surface area contributed by atoms with Gasteiger partial charge in [-0.3, -0.25) is 0 Å². The summed E-state index contributed by atoms with van der Waals surface area (Å²) < 4.78 is 41.0. The van der Waals surface area contributed by atoms with E-state index >= 15 is 0 Å². The molecule has 2 nitrogen and oxygen atoms in total. The van der Waals surface area contributed by atoms with E-state index < -0.39 is 11.6 Å². The van der Waals surface area contributed by atoms with Gasteiger partial charge in [0.25, 0.3) is 0 Å². The topological polar surface area (TPSA) is 41.8 Å². The predicted octanol–water partition coefficient (Wildman–Crippen LogP) is 4.70. The third kappa shape index (κ3) is 2.72. The highest BCUT2D eigenvalue weighted by Crippen LogP contribution is 2.38. The van der Waals surface area contributed by atoms with Crippen LogP contribution in [0.25, 0.3) is 22.2 Å². The van der Waals surface area contributed by atoms with Crippen LogP contribution >= 0.6 is 0 Å². The molecule has 1 aromatic heterocycles. The van der Waals surface area contributed by atoms with Crippen molar-refractivity contribution < 1.29 is 13.2 Å². The van der Waals surface area contributed by atoms with Gasteiger partial charge < -0.3 is 10.7 Å². The van der Waals surface area contributed by atoms with Gasteiger partial charge in [-0.05, 0) is 60.3 Å². The zero-order valence-electron chi connectivity index (χ0n) is 12.7. The van der Waals surface area contributed by atoms with Crippen molar-refractivity contribution in [2.75, 3.05) is 6.54 Å². The van der Waals surface area contributed by atoms with Gasteiger partial charge >= 0.3 is 0 Å². The highest BCUT2D eigenvalue weighted by Gasteiger charge is 2.22. The molecule has 0 fully saturated rings. The van der Waals surface area contributed by atoms with E-state index in [0.717, 1.165) is 18.1 Å². The summed E-state index contributed by atoms with van der Waals surface area (Å²) in [5.41, 5.74) is 8.23. The molecule has 1 heterocycles. The standard InChI is InChI=1S/C18H17F3N2/c1-2-10(9-22)16-14-7-13(20)8-15(21)18(14)23-17(16)11-3-5-12(19)6-4-11/h3-8,10,23H,2,9,22H2,1H3. The second kappa shape index (κ2) is 6.08. The Balaban J connectivity index is 2.33. The van der Waals surface area contributed by atoms with Crippen LogP contribution in [0.5, 0.6) is 0 Å². The van der Waals surface area contributed by atoms with E-state index in [1.54, 1.807) is 12.1 Å². The molecule has 0 spiro atoms. The Morgan fingerprint density at radius 2 is 1.74 bits per heavy atom. The van der Waals surface area contributed by atoms with E-state index in [-0.39, 0.29) is 17.3 Å². The first-order chi connectivity index (χ1) is 11.0. The summed E-state index contributed by atoms with van der Waals surface area (Å²) in [6, 6.07) is 8.06. The molecule has 2 aromatic carbocycles. The first-order valence-electron chi connectivity index (χ1n) is 7.51. The lowest BCUT2D eigenvalue weighted by Gasteiger charge is -2.14. The molecule has 0 radical (unpaired) electrons. The minimum atomic E-state index is -0.651. The quantitative estimate of drug-likeness (QED) is 0.719. The Kier molecular flexibility index (Phi) is 4.13. The summed E-state index contributed by atoms with van der Waals surface area (Å²) in [4.78, 5) is 3.02. The van der Waals surface area contributed by atoms with Gasteiger partial charge in [-0.1, -0.05) is 6.92 Å². The highest BCUT2D eigenvalue weighted by atomic mass is 19.1. The van der Waals surface area contributed by atoms with Crippen molar-refractivity contribution in [3.63, 3.8) is 0 Å². The van der Waals surface area contributed by atoms with Crippen LogP contribution < -0.4 is 5.73 Å². The fourth-order valence-corrected chi connectivity index (χ4v) is 3.00. The minimum Gasteiger partial charge on any atom is -0.352 e. The van der Waals surface area contributed by atoms with E-state index in [0.29, 0.717) is 23.2 Å². The monoisotopic (exact) mass is 318 g/mol. The zero-order chi connectivity index (χ0) is 16.6. The Labute approximate surface area is 132 Å². The Hall–Kier alpha value is -2.27. The van der Waals surface area contributed by atoms with Gasteiger partial charge in [-0.15, -0.1) is 0 Å². The average molecular weight is 318 g/mol. The van der Waals surface area contributed by atoms with Gasteiger partial charge in [0, 0.05) is 11.5 Å². The summed E-state index contributed by atoms with van der Waals surface area (Å²) in [6.45, 7) is 2.33. The normalized spacial score (nSPS) is 12.7. The van der Waals surface area contributed by atoms with Crippen LogP contribution in [0.2, 0.25) is 0 Å². The maximum Gasteiger partial charge on any atom is 0.150 e. The molecule has 3 rings (SSSR count). The van der Waals surface area contributed by atoms with Gasteiger partial charge in [-0.25, -0.2) is 13.2 Å². The number of benzene rings is 2. The van der Waals surface area contributed by atoms with Gasteiger partial charge in [-0.2, -0.15) is 0 Å². The molecule has 0 bridgehead atoms. The number of nitrogens with two attached hydrogens (primary N) is 1. The second-order valence-electron chi connectivity index (χ2n) is 5.57. The number of aromatic nitrogens is 1. The van der Waals surface area contributed by atoms with Gasteiger partial charge in [0.2, 0.25) is 0 Å². The van der Waals surface area contributed by atoms with Crippen LogP contribution in [0.1, 0.15) is 24.8 Å². The van der Waals surface area contributed by atoms with E-state index in [4.69, 9.17) is 5.73 Å². The molecule has 0 aliphatic carbocycles. The number of hydrogen-bond donors (Lipinski definition) is 2. The zero-order valence-corrected chi connectivity index (χ0v) is 12.7. The fourth-order valence-electron chi connectivity index (χ4n) is 3.00. The molecule has 0 aliphatic rings. The van der Waals surface area contributed by atoms with E-state index in [9.17, 15) is 13.2 Å². The predicted molar refractivity (Wildman–Crippen MR) is 85.7 cm³/mol. The van der Waals surface area contributed by atoms with Crippen LogP contribution in [0, 0.1) is 17.5 Å². The van der Waals surface area contributed by atoms with Crippen molar-refractivity contribution in [3.05, 3.63) is 59.4 Å². The Bertz CT molecular complexity index is 834. The molecule has 1 atom stereocenters. The van der Waals surface area contributed by atoms with Crippen molar-refractivity contribution in [2.24, 2.45) is 5.73 Å². The van der Waals surface area contributed by atoms with Gasteiger partial charge in [0.15, 0.2) is 0 Å². The molecule has 0 saturated heterocycles. The number of nitrogens with one attached hydrogen (secondary N) is 1. The molecule has 0 aliphatic heterocycles. The third-order valence-electron chi connectivity index (χ3n) is 4.18. The lowest BCUT2D eigenvalue weighted by atomic mass is 9.91. The lowest BCUT2D eigenvalue weighted by Crippen LogP contribution is -2.12. The third-order valence-corrected chi connectivity index (χ3v) is 4.18. The second-order valence-corrected chi connectivity index (χ2v) is 5.57. The maximum atomic E-state index is 14.1. The van der Waals surface area contributed by atoms with Crippen molar-refractivity contribution in [3.8, 4) is 11.3 Å². The van der Waals surface area contributed by atoms with Crippen molar-refractivity contribution in [2.45, 2.75) is 19.3 Å². The molecular formula is C18H17F3N2. The number of rotatable bonds is 4. The number of halogens is 3. The van der Waals surface area contributed by atoms with E-state index in [2.05, 4.69) is 4.98 Å². The smallest absolute Gasteiger partial charge is 0.150 e. The molecule has 23 heavy (non-hydrogen) atoms. The summed E-state index contributed by atoms with van der Waals surface area (Å²) in [7, 11) is 0. The largest absolute Gasteiger partial charge is 0.352 e. The average Bonchev–Trinajstić information content (AvgIpc) is 2.89. The first-order valence-corrected chi connectivity index (χ1v) is 7.51. The Morgan fingerprint density at radius 3 is 2.35 bits per heavy atom. The van der Waals surface area contributed by atoms with Crippen LogP contribution in [0.15, 0.2) is 36.4 Å². The van der Waals surface area contributed by atoms with Crippen LogP contribution in [0.3, 0.4) is 0 Å². The van der Waals surface area contributed by atoms with Crippen LogP contribution in [0.4, 0.5) is 13.2 Å². The fraction of sp³-hybridized carbons (Fsp3) is 0.222. The van der Waals surface area contributed by atoms with Gasteiger partial charge in [0.05, 0.1) is 11.2 Å². The molecule has 5 heteroatoms. The SMILES string of the molecule is CCC(CN)c1c(-c2ccc(F)cc2)[nH]c2c(F)cc(F)cc12. The molecule has 0 saturated carbocycles. The van der Waals surface area contributed by atoms with Crippen LogP contribution in [-0.4, -0.2) is 11.5 Å². The molecular weight excluding hydrogens is 301 g/mol. The summed E-state index contributed by atoms with van der Waals surface area (Å²) in [5, 5.41) is 0.485. The van der Waals surface area contributed by atoms with Crippen LogP contribution in [-0.2, 0) is 0 Å². The van der Waals surface area contributed by atoms with Crippen molar-refractivity contribution >= 4 is 10.9 Å². The summed E-state index contributed by atoms with van der Waals surface area (Å²) in [5.74, 6) is -1.69. The van der Waals surface area contributed by atoms with E-state index in [1.165, 1.54) is 18.2 Å². The van der Waals surface area contributed by atoms with E-state index in [1.807, 2.05) is 6.92 Å². The molecule has 120 valence electrons. The molecule has 3 N–H and O–H groups in total. The first kappa shape index (κ1) is 15.6. The van der Waals surface area contributed by atoms with Crippen molar-refractivity contribution in [1.82, 2.24) is 4.98 Å². The van der Waals surface area contributed by atoms with Gasteiger partial charge in [0.1, 0.15) is 17.5 Å². The lowest BCUT2D eigenvalue weighted by molar-refractivity contribution is 0.590. The minimum absolute atomic E-state index is 0.0509. The number of hydrogen-bond acceptors (Lipinski definition) is 1. The molecule has 1 unspecified atom stereocenters. The number of H-pyrrole nitrogens is 1. The number of fused-ring (bicyclic) bond motifs is 1. The Morgan fingerprint density at radius 1 is 1.04 bits per heavy atom. The highest BCUT2D eigenvalue weighted by molar-refractivity contribution is 5.92. The summed E-state index contributed by atoms with van der Waals surface area (Å²) in [6.07, 6.45) is 0.732. The summed E-state index contributed by atoms with van der Waals surface area (Å²) >= 11 is 0. The van der Waals surface area contributed by atoms with Crippen molar-refractivity contribution in [1.29, 1.82) is 0 Å². The molecule has 0 amide bonds. The molecule has 3 aromatic rings. The number of aromatic amines is 1. The maximum absolute atomic E-state index is 14.1.